The highest BCUT2D eigenvalue weighted by Gasteiger charge is 2.17. The van der Waals surface area contributed by atoms with E-state index in [1.54, 1.807) is 48.5 Å². The monoisotopic (exact) mass is 554 g/mol. The maximum absolute atomic E-state index is 13.1. The fourth-order valence-electron chi connectivity index (χ4n) is 3.82. The van der Waals surface area contributed by atoms with Crippen LogP contribution in [0.3, 0.4) is 0 Å². The zero-order valence-corrected chi connectivity index (χ0v) is 21.5. The second-order valence-corrected chi connectivity index (χ2v) is 8.89. The standard InChI is InChI=1S/C24H15BN8O4S2/c34-23(32-11-30-17-19(32)26-9-28-21(17)38)13-3-1-5-15(7-13)36-25-37-16-6-2-4-14(8-16)24(35)33-12-31-18-20(33)27-10-29-22(18)39/h1-12,25H,(H,26,28,38)(H,27,29,39). The molecule has 0 amide bonds. The van der Waals surface area contributed by atoms with E-state index in [2.05, 4.69) is 55.2 Å². The van der Waals surface area contributed by atoms with Crippen LogP contribution in [0.4, 0.5) is 0 Å². The van der Waals surface area contributed by atoms with Gasteiger partial charge in [0.2, 0.25) is 0 Å². The molecule has 15 heteroatoms. The topological polar surface area (TPSA) is 140 Å². The summed E-state index contributed by atoms with van der Waals surface area (Å²) >= 11 is 8.50. The summed E-state index contributed by atoms with van der Waals surface area (Å²) in [6.07, 6.45) is 5.39. The summed E-state index contributed by atoms with van der Waals surface area (Å²) in [6.45, 7) is 0. The Bertz CT molecular complexity index is 1760. The van der Waals surface area contributed by atoms with Crippen LogP contribution in [0, 0.1) is 0 Å². The molecule has 0 aliphatic carbocycles. The van der Waals surface area contributed by atoms with Gasteiger partial charge in [0.15, 0.2) is 11.3 Å². The third-order valence-corrected chi connectivity index (χ3v) is 6.33. The molecule has 0 radical (unpaired) electrons. The van der Waals surface area contributed by atoms with Crippen LogP contribution in [0.5, 0.6) is 11.5 Å². The zero-order chi connectivity index (χ0) is 26.9. The average Bonchev–Trinajstić information content (AvgIpc) is 3.59. The molecule has 39 heavy (non-hydrogen) atoms. The lowest BCUT2D eigenvalue weighted by Crippen LogP contribution is -2.14. The molecule has 6 rings (SSSR count). The minimum atomic E-state index is -0.344. The van der Waals surface area contributed by atoms with Gasteiger partial charge < -0.3 is 9.31 Å². The van der Waals surface area contributed by atoms with Crippen LogP contribution in [0.1, 0.15) is 20.7 Å². The quantitative estimate of drug-likeness (QED) is 0.179. The predicted octanol–water partition coefficient (Wildman–Crippen LogP) is 2.64. The number of carbonyl (C=O) groups excluding carboxylic acids is 2. The van der Waals surface area contributed by atoms with Crippen molar-refractivity contribution in [1.82, 2.24) is 39.0 Å². The second kappa shape index (κ2) is 10.2. The van der Waals surface area contributed by atoms with Crippen molar-refractivity contribution in [1.29, 1.82) is 0 Å². The van der Waals surface area contributed by atoms with Crippen LogP contribution < -0.4 is 9.31 Å². The van der Waals surface area contributed by atoms with Gasteiger partial charge in [0.1, 0.15) is 57.9 Å². The molecule has 0 fully saturated rings. The van der Waals surface area contributed by atoms with Gasteiger partial charge in [-0.05, 0) is 36.4 Å². The van der Waals surface area contributed by atoms with Crippen LogP contribution in [0.2, 0.25) is 0 Å². The van der Waals surface area contributed by atoms with Crippen molar-refractivity contribution in [3.63, 3.8) is 0 Å². The molecule has 0 spiro atoms. The molecular formula is C24H15BN8O4S2. The number of nitrogens with zero attached hydrogens (tertiary/aromatic N) is 8. The van der Waals surface area contributed by atoms with Gasteiger partial charge in [-0.2, -0.15) is 0 Å². The molecule has 0 saturated carbocycles. The molecule has 2 aromatic carbocycles. The Morgan fingerprint density at radius 1 is 0.667 bits per heavy atom. The maximum Gasteiger partial charge on any atom is 0.576 e. The van der Waals surface area contributed by atoms with E-state index in [1.807, 2.05) is 0 Å². The lowest BCUT2D eigenvalue weighted by Gasteiger charge is -2.10. The predicted molar refractivity (Wildman–Crippen MR) is 146 cm³/mol. The van der Waals surface area contributed by atoms with Gasteiger partial charge in [-0.15, -0.1) is 25.3 Å². The van der Waals surface area contributed by atoms with Gasteiger partial charge >= 0.3 is 7.69 Å². The van der Waals surface area contributed by atoms with Crippen molar-refractivity contribution in [3.05, 3.63) is 85.0 Å². The zero-order valence-electron chi connectivity index (χ0n) is 19.7. The van der Waals surface area contributed by atoms with Crippen LogP contribution in [-0.2, 0) is 0 Å². The second-order valence-electron chi connectivity index (χ2n) is 8.04. The fourth-order valence-corrected chi connectivity index (χ4v) is 4.24. The number of thiol groups is 2. The summed E-state index contributed by atoms with van der Waals surface area (Å²) in [5, 5.41) is 0.761. The van der Waals surface area contributed by atoms with Crippen molar-refractivity contribution < 1.29 is 18.9 Å². The Hall–Kier alpha value is -4.76. The summed E-state index contributed by atoms with van der Waals surface area (Å²) in [5.41, 5.74) is 2.28. The molecule has 0 saturated heterocycles. The number of aromatic nitrogens is 8. The molecular weight excluding hydrogens is 539 g/mol. The van der Waals surface area contributed by atoms with Gasteiger partial charge in [0.25, 0.3) is 11.8 Å². The van der Waals surface area contributed by atoms with Crippen molar-refractivity contribution in [2.45, 2.75) is 10.1 Å². The molecule has 0 unspecified atom stereocenters. The van der Waals surface area contributed by atoms with Crippen LogP contribution >= 0.6 is 25.3 Å². The third kappa shape index (κ3) is 4.68. The van der Waals surface area contributed by atoms with Gasteiger partial charge in [-0.1, -0.05) is 12.1 Å². The number of hydrogen-bond acceptors (Lipinski definition) is 12. The number of carbonyl (C=O) groups is 2. The Morgan fingerprint density at radius 3 is 1.59 bits per heavy atom. The van der Waals surface area contributed by atoms with Crippen molar-refractivity contribution in [2.24, 2.45) is 0 Å². The van der Waals surface area contributed by atoms with E-state index in [0.29, 0.717) is 55.0 Å². The van der Waals surface area contributed by atoms with Crippen LogP contribution in [-0.4, -0.2) is 58.5 Å². The number of hydrogen-bond donors (Lipinski definition) is 2. The van der Waals surface area contributed by atoms with Gasteiger partial charge in [-0.25, -0.2) is 39.0 Å². The van der Waals surface area contributed by atoms with E-state index in [9.17, 15) is 9.59 Å². The summed E-state index contributed by atoms with van der Waals surface area (Å²) in [7, 11) is -0.163. The minimum absolute atomic E-state index is 0.163. The van der Waals surface area contributed by atoms with Crippen LogP contribution in [0.15, 0.2) is 83.9 Å². The van der Waals surface area contributed by atoms with Gasteiger partial charge in [0.05, 0.1) is 0 Å². The van der Waals surface area contributed by atoms with Gasteiger partial charge in [0, 0.05) is 11.1 Å². The molecule has 0 atom stereocenters. The number of fused-ring (bicyclic) bond motifs is 2. The average molecular weight is 554 g/mol. The summed E-state index contributed by atoms with van der Waals surface area (Å²) in [6, 6.07) is 13.3. The highest BCUT2D eigenvalue weighted by Crippen LogP contribution is 2.21. The summed E-state index contributed by atoms with van der Waals surface area (Å²) in [5.74, 6) is 0.135. The SMILES string of the molecule is O=C(c1cccc(OBOc2cccc(C(=O)n3cnc4c(S)ncnc43)c2)c1)n1cnc2c(S)ncnc21. The third-order valence-electron chi connectivity index (χ3n) is 5.68. The van der Waals surface area contributed by atoms with E-state index < -0.39 is 0 Å². The van der Waals surface area contributed by atoms with E-state index in [-0.39, 0.29) is 19.5 Å². The highest BCUT2D eigenvalue weighted by molar-refractivity contribution is 7.80. The fraction of sp³-hybridized carbons (Fsp3) is 0. The van der Waals surface area contributed by atoms with Crippen molar-refractivity contribution >= 4 is 67.1 Å². The molecule has 4 heterocycles. The summed E-state index contributed by atoms with van der Waals surface area (Å²) < 4.78 is 14.1. The first kappa shape index (κ1) is 24.6. The van der Waals surface area contributed by atoms with E-state index in [1.165, 1.54) is 34.4 Å². The molecule has 12 nitrogen and oxygen atoms in total. The number of imidazole rings is 2. The molecule has 6 aromatic rings. The van der Waals surface area contributed by atoms with E-state index >= 15 is 0 Å². The molecule has 4 aromatic heterocycles. The Labute approximate surface area is 231 Å². The normalized spacial score (nSPS) is 11.0. The first-order valence-electron chi connectivity index (χ1n) is 11.3. The smallest absolute Gasteiger partial charge is 0.529 e. The lowest BCUT2D eigenvalue weighted by atomic mass is 10.2. The largest absolute Gasteiger partial charge is 0.576 e. The minimum Gasteiger partial charge on any atom is -0.529 e. The molecule has 190 valence electrons. The van der Waals surface area contributed by atoms with Gasteiger partial charge in [-0.3, -0.25) is 9.59 Å². The Kier molecular flexibility index (Phi) is 6.42. The Morgan fingerprint density at radius 2 is 1.13 bits per heavy atom. The molecule has 0 aliphatic rings. The van der Waals surface area contributed by atoms with E-state index in [4.69, 9.17) is 9.31 Å². The first-order valence-corrected chi connectivity index (χ1v) is 12.2. The van der Waals surface area contributed by atoms with Crippen molar-refractivity contribution in [3.8, 4) is 11.5 Å². The Balaban J connectivity index is 1.14. The van der Waals surface area contributed by atoms with Crippen molar-refractivity contribution in [2.75, 3.05) is 0 Å². The summed E-state index contributed by atoms with van der Waals surface area (Å²) in [4.78, 5) is 50.7. The van der Waals surface area contributed by atoms with Crippen LogP contribution in [0.25, 0.3) is 22.3 Å². The first-order chi connectivity index (χ1) is 19.0. The van der Waals surface area contributed by atoms with E-state index in [0.717, 1.165) is 0 Å². The molecule has 0 bridgehead atoms. The number of rotatable bonds is 6. The molecule has 0 aliphatic heterocycles. The maximum atomic E-state index is 13.1. The lowest BCUT2D eigenvalue weighted by molar-refractivity contribution is 0.0955. The molecule has 0 N–H and O–H groups in total. The number of benzene rings is 2. The highest BCUT2D eigenvalue weighted by atomic mass is 32.1.